The summed E-state index contributed by atoms with van der Waals surface area (Å²) in [7, 11) is 1.31. The highest BCUT2D eigenvalue weighted by Gasteiger charge is 2.16. The molecule has 0 radical (unpaired) electrons. The zero-order chi connectivity index (χ0) is 13.9. The predicted molar refractivity (Wildman–Crippen MR) is 75.0 cm³/mol. The Morgan fingerprint density at radius 2 is 2.20 bits per heavy atom. The summed E-state index contributed by atoms with van der Waals surface area (Å²) in [5.74, 6) is 1.20. The normalized spacial score (nSPS) is 15.4. The SMILES string of the molecule is COC(=O)Nc1nc2ccc(OC3CCCC3)cc2[nH]1. The van der Waals surface area contributed by atoms with Crippen LogP contribution in [0.25, 0.3) is 11.0 Å². The van der Waals surface area contributed by atoms with Crippen molar-refractivity contribution in [2.45, 2.75) is 31.8 Å². The van der Waals surface area contributed by atoms with E-state index in [-0.39, 0.29) is 0 Å². The van der Waals surface area contributed by atoms with Crippen LogP contribution < -0.4 is 10.1 Å². The molecule has 0 unspecified atom stereocenters. The Hall–Kier alpha value is -2.24. The first-order valence-electron chi connectivity index (χ1n) is 6.76. The first kappa shape index (κ1) is 12.8. The third kappa shape index (κ3) is 2.68. The van der Waals surface area contributed by atoms with E-state index >= 15 is 0 Å². The molecule has 1 saturated carbocycles. The van der Waals surface area contributed by atoms with Gasteiger partial charge in [-0.05, 0) is 37.8 Å². The fraction of sp³-hybridized carbons (Fsp3) is 0.429. The minimum absolute atomic E-state index is 0.322. The molecule has 1 aromatic heterocycles. The number of ether oxygens (including phenoxy) is 2. The molecule has 6 heteroatoms. The molecular weight excluding hydrogens is 258 g/mol. The number of aromatic amines is 1. The topological polar surface area (TPSA) is 76.2 Å². The number of nitrogens with one attached hydrogen (secondary N) is 2. The number of rotatable bonds is 3. The minimum Gasteiger partial charge on any atom is -0.490 e. The van der Waals surface area contributed by atoms with Crippen molar-refractivity contribution in [2.24, 2.45) is 0 Å². The van der Waals surface area contributed by atoms with Crippen molar-refractivity contribution in [3.05, 3.63) is 18.2 Å². The molecule has 3 rings (SSSR count). The van der Waals surface area contributed by atoms with E-state index in [4.69, 9.17) is 4.74 Å². The zero-order valence-electron chi connectivity index (χ0n) is 11.3. The molecule has 1 heterocycles. The van der Waals surface area contributed by atoms with Crippen LogP contribution >= 0.6 is 0 Å². The standard InChI is InChI=1S/C14H17N3O3/c1-19-14(18)17-13-15-11-7-6-10(8-12(11)16-13)20-9-4-2-3-5-9/h6-9H,2-5H2,1H3,(H2,15,16,17,18). The molecule has 1 aliphatic rings. The van der Waals surface area contributed by atoms with Crippen molar-refractivity contribution >= 4 is 23.1 Å². The number of nitrogens with zero attached hydrogens (tertiary/aromatic N) is 1. The Kier molecular flexibility index (Phi) is 3.45. The maximum Gasteiger partial charge on any atom is 0.413 e. The number of aromatic nitrogens is 2. The first-order valence-corrected chi connectivity index (χ1v) is 6.76. The van der Waals surface area contributed by atoms with Crippen LogP contribution in [0.15, 0.2) is 18.2 Å². The number of carbonyl (C=O) groups excluding carboxylic acids is 1. The fourth-order valence-electron chi connectivity index (χ4n) is 2.47. The number of hydrogen-bond acceptors (Lipinski definition) is 4. The number of methoxy groups -OCH3 is 1. The van der Waals surface area contributed by atoms with Gasteiger partial charge in [-0.3, -0.25) is 5.32 Å². The molecule has 2 N–H and O–H groups in total. The highest BCUT2D eigenvalue weighted by Crippen LogP contribution is 2.26. The molecule has 1 amide bonds. The van der Waals surface area contributed by atoms with Gasteiger partial charge in [-0.2, -0.15) is 0 Å². The number of anilines is 1. The van der Waals surface area contributed by atoms with E-state index in [1.807, 2.05) is 18.2 Å². The van der Waals surface area contributed by atoms with Crippen LogP contribution in [0, 0.1) is 0 Å². The highest BCUT2D eigenvalue weighted by molar-refractivity contribution is 5.86. The van der Waals surface area contributed by atoms with Gasteiger partial charge in [-0.1, -0.05) is 0 Å². The molecule has 106 valence electrons. The maximum atomic E-state index is 11.1. The van der Waals surface area contributed by atoms with E-state index < -0.39 is 6.09 Å². The number of H-pyrrole nitrogens is 1. The predicted octanol–water partition coefficient (Wildman–Crippen LogP) is 3.06. The molecule has 1 aliphatic carbocycles. The number of hydrogen-bond donors (Lipinski definition) is 2. The average molecular weight is 275 g/mol. The summed E-state index contributed by atoms with van der Waals surface area (Å²) in [5, 5.41) is 2.50. The second-order valence-corrected chi connectivity index (χ2v) is 4.91. The summed E-state index contributed by atoms with van der Waals surface area (Å²) in [6.45, 7) is 0. The molecule has 0 bridgehead atoms. The van der Waals surface area contributed by atoms with Crippen LogP contribution in [-0.2, 0) is 4.74 Å². The lowest BCUT2D eigenvalue weighted by Gasteiger charge is -2.12. The average Bonchev–Trinajstić information content (AvgIpc) is 3.07. The third-order valence-corrected chi connectivity index (χ3v) is 3.46. The summed E-state index contributed by atoms with van der Waals surface area (Å²) in [5.41, 5.74) is 1.60. The number of fused-ring (bicyclic) bond motifs is 1. The number of benzene rings is 1. The molecule has 0 saturated heterocycles. The van der Waals surface area contributed by atoms with E-state index in [0.717, 1.165) is 29.6 Å². The van der Waals surface area contributed by atoms with Gasteiger partial charge in [0.2, 0.25) is 5.95 Å². The molecule has 2 aromatic rings. The second-order valence-electron chi connectivity index (χ2n) is 4.91. The summed E-state index contributed by atoms with van der Waals surface area (Å²) in [4.78, 5) is 18.4. The van der Waals surface area contributed by atoms with E-state index in [0.29, 0.717) is 12.1 Å². The smallest absolute Gasteiger partial charge is 0.413 e. The van der Waals surface area contributed by atoms with Gasteiger partial charge in [-0.15, -0.1) is 0 Å². The molecule has 0 aliphatic heterocycles. The summed E-state index contributed by atoms with van der Waals surface area (Å²) >= 11 is 0. The van der Waals surface area contributed by atoms with Crippen LogP contribution in [0.3, 0.4) is 0 Å². The van der Waals surface area contributed by atoms with Crippen molar-refractivity contribution < 1.29 is 14.3 Å². The summed E-state index contributed by atoms with van der Waals surface area (Å²) in [6, 6.07) is 5.69. The van der Waals surface area contributed by atoms with Crippen LogP contribution in [0.5, 0.6) is 5.75 Å². The van der Waals surface area contributed by atoms with E-state index in [9.17, 15) is 4.79 Å². The maximum absolute atomic E-state index is 11.1. The Bertz CT molecular complexity index is 617. The summed E-state index contributed by atoms with van der Waals surface area (Å²) in [6.07, 6.45) is 4.50. The Labute approximate surface area is 116 Å². The number of imidazole rings is 1. The van der Waals surface area contributed by atoms with Gasteiger partial charge in [-0.25, -0.2) is 9.78 Å². The Morgan fingerprint density at radius 1 is 1.40 bits per heavy atom. The van der Waals surface area contributed by atoms with Crippen LogP contribution in [0.4, 0.5) is 10.7 Å². The quantitative estimate of drug-likeness (QED) is 0.902. The first-order chi connectivity index (χ1) is 9.74. The highest BCUT2D eigenvalue weighted by atomic mass is 16.5. The monoisotopic (exact) mass is 275 g/mol. The largest absolute Gasteiger partial charge is 0.490 e. The Morgan fingerprint density at radius 3 is 2.95 bits per heavy atom. The summed E-state index contributed by atoms with van der Waals surface area (Å²) < 4.78 is 10.5. The molecule has 0 spiro atoms. The Balaban J connectivity index is 1.77. The molecule has 1 fully saturated rings. The zero-order valence-corrected chi connectivity index (χ0v) is 11.3. The van der Waals surface area contributed by atoms with E-state index in [1.54, 1.807) is 0 Å². The van der Waals surface area contributed by atoms with Crippen molar-refractivity contribution in [3.63, 3.8) is 0 Å². The van der Waals surface area contributed by atoms with E-state index in [2.05, 4.69) is 20.0 Å². The molecule has 6 nitrogen and oxygen atoms in total. The van der Waals surface area contributed by atoms with Crippen molar-refractivity contribution in [2.75, 3.05) is 12.4 Å². The van der Waals surface area contributed by atoms with Gasteiger partial charge in [0.15, 0.2) is 0 Å². The number of amides is 1. The van der Waals surface area contributed by atoms with Gasteiger partial charge < -0.3 is 14.5 Å². The molecule has 0 atom stereocenters. The van der Waals surface area contributed by atoms with Gasteiger partial charge in [0, 0.05) is 6.07 Å². The minimum atomic E-state index is -0.550. The lowest BCUT2D eigenvalue weighted by atomic mass is 10.3. The fourth-order valence-corrected chi connectivity index (χ4v) is 2.47. The van der Waals surface area contributed by atoms with E-state index in [1.165, 1.54) is 20.0 Å². The van der Waals surface area contributed by atoms with Crippen molar-refractivity contribution in [3.8, 4) is 5.75 Å². The molecule has 20 heavy (non-hydrogen) atoms. The van der Waals surface area contributed by atoms with Gasteiger partial charge in [0.05, 0.1) is 24.2 Å². The molecular formula is C14H17N3O3. The lowest BCUT2D eigenvalue weighted by molar-refractivity contribution is 0.186. The number of carbonyl (C=O) groups is 1. The van der Waals surface area contributed by atoms with Crippen LogP contribution in [0.2, 0.25) is 0 Å². The van der Waals surface area contributed by atoms with Crippen LogP contribution in [0.1, 0.15) is 25.7 Å². The van der Waals surface area contributed by atoms with Crippen molar-refractivity contribution in [1.29, 1.82) is 0 Å². The van der Waals surface area contributed by atoms with Gasteiger partial charge >= 0.3 is 6.09 Å². The second kappa shape index (κ2) is 5.40. The molecule has 1 aromatic carbocycles. The van der Waals surface area contributed by atoms with Gasteiger partial charge in [0.1, 0.15) is 5.75 Å². The lowest BCUT2D eigenvalue weighted by Crippen LogP contribution is -2.11. The van der Waals surface area contributed by atoms with Crippen molar-refractivity contribution in [1.82, 2.24) is 9.97 Å². The van der Waals surface area contributed by atoms with Gasteiger partial charge in [0.25, 0.3) is 0 Å². The van der Waals surface area contributed by atoms with Crippen LogP contribution in [-0.4, -0.2) is 29.3 Å². The third-order valence-electron chi connectivity index (χ3n) is 3.46.